The normalized spacial score (nSPS) is 10.3. The van der Waals surface area contributed by atoms with Crippen molar-refractivity contribution < 1.29 is 9.13 Å². The lowest BCUT2D eigenvalue weighted by Gasteiger charge is -2.09. The molecule has 0 aliphatic rings. The summed E-state index contributed by atoms with van der Waals surface area (Å²) in [5.41, 5.74) is 1.73. The first-order chi connectivity index (χ1) is 9.10. The van der Waals surface area contributed by atoms with E-state index in [4.69, 9.17) is 4.74 Å². The summed E-state index contributed by atoms with van der Waals surface area (Å²) in [6, 6.07) is 3.36. The van der Waals surface area contributed by atoms with E-state index < -0.39 is 5.82 Å². The molecule has 2 aromatic rings. The number of ether oxygens (including phenoxy) is 1. The van der Waals surface area contributed by atoms with E-state index in [0.29, 0.717) is 6.54 Å². The summed E-state index contributed by atoms with van der Waals surface area (Å²) >= 11 is 3.35. The number of pyridine rings is 2. The molecule has 0 aromatic carbocycles. The number of halogens is 2. The highest BCUT2D eigenvalue weighted by molar-refractivity contribution is 9.10. The summed E-state index contributed by atoms with van der Waals surface area (Å²) < 4.78 is 19.2. The molecule has 6 heteroatoms. The SMILES string of the molecule is COc1ncc(CNc2ncc(Br)cc2C)cc1F. The molecule has 0 saturated heterocycles. The number of aromatic nitrogens is 2. The number of hydrogen-bond acceptors (Lipinski definition) is 4. The lowest BCUT2D eigenvalue weighted by molar-refractivity contribution is 0.368. The fourth-order valence-electron chi connectivity index (χ4n) is 1.62. The minimum absolute atomic E-state index is 0.00157. The van der Waals surface area contributed by atoms with Gasteiger partial charge in [-0.2, -0.15) is 0 Å². The third kappa shape index (κ3) is 3.41. The molecular weight excluding hydrogens is 313 g/mol. The first-order valence-corrected chi connectivity index (χ1v) is 6.44. The van der Waals surface area contributed by atoms with Crippen LogP contribution in [-0.4, -0.2) is 17.1 Å². The highest BCUT2D eigenvalue weighted by atomic mass is 79.9. The molecule has 19 heavy (non-hydrogen) atoms. The van der Waals surface area contributed by atoms with Gasteiger partial charge in [-0.05, 0) is 46.1 Å². The van der Waals surface area contributed by atoms with Gasteiger partial charge < -0.3 is 10.1 Å². The first-order valence-electron chi connectivity index (χ1n) is 5.64. The molecule has 0 fully saturated rings. The van der Waals surface area contributed by atoms with E-state index in [1.807, 2.05) is 13.0 Å². The fourth-order valence-corrected chi connectivity index (χ4v) is 2.07. The van der Waals surface area contributed by atoms with E-state index in [9.17, 15) is 4.39 Å². The van der Waals surface area contributed by atoms with Crippen LogP contribution in [0, 0.1) is 12.7 Å². The summed E-state index contributed by atoms with van der Waals surface area (Å²) in [5, 5.41) is 3.14. The minimum Gasteiger partial charge on any atom is -0.479 e. The Morgan fingerprint density at radius 2 is 2.11 bits per heavy atom. The molecule has 0 aliphatic heterocycles. The second-order valence-corrected chi connectivity index (χ2v) is 4.92. The molecule has 2 heterocycles. The molecule has 4 nitrogen and oxygen atoms in total. The summed E-state index contributed by atoms with van der Waals surface area (Å²) in [6.45, 7) is 2.40. The monoisotopic (exact) mass is 325 g/mol. The van der Waals surface area contributed by atoms with Gasteiger partial charge in [0.2, 0.25) is 5.88 Å². The molecule has 100 valence electrons. The topological polar surface area (TPSA) is 47.0 Å². The minimum atomic E-state index is -0.470. The molecule has 0 bridgehead atoms. The molecule has 2 aromatic heterocycles. The highest BCUT2D eigenvalue weighted by Crippen LogP contribution is 2.18. The Morgan fingerprint density at radius 1 is 1.32 bits per heavy atom. The zero-order chi connectivity index (χ0) is 13.8. The van der Waals surface area contributed by atoms with Gasteiger partial charge in [-0.1, -0.05) is 0 Å². The van der Waals surface area contributed by atoms with Crippen LogP contribution in [0.5, 0.6) is 5.88 Å². The second kappa shape index (κ2) is 5.97. The molecule has 0 saturated carbocycles. The van der Waals surface area contributed by atoms with Crippen molar-refractivity contribution in [2.75, 3.05) is 12.4 Å². The zero-order valence-corrected chi connectivity index (χ0v) is 12.2. The number of hydrogen-bond donors (Lipinski definition) is 1. The van der Waals surface area contributed by atoms with Crippen molar-refractivity contribution in [2.24, 2.45) is 0 Å². The van der Waals surface area contributed by atoms with Crippen LogP contribution in [0.15, 0.2) is 29.0 Å². The van der Waals surface area contributed by atoms with Crippen molar-refractivity contribution >= 4 is 21.7 Å². The predicted octanol–water partition coefficient (Wildman–Crippen LogP) is 3.31. The van der Waals surface area contributed by atoms with Crippen molar-refractivity contribution in [2.45, 2.75) is 13.5 Å². The molecule has 0 unspecified atom stereocenters. The zero-order valence-electron chi connectivity index (χ0n) is 10.6. The van der Waals surface area contributed by atoms with Crippen molar-refractivity contribution in [3.63, 3.8) is 0 Å². The van der Waals surface area contributed by atoms with Gasteiger partial charge in [0.25, 0.3) is 0 Å². The Kier molecular flexibility index (Phi) is 4.31. The predicted molar refractivity (Wildman–Crippen MR) is 74.7 cm³/mol. The standard InChI is InChI=1S/C13H13BrFN3O/c1-8-3-10(14)7-17-12(8)16-5-9-4-11(15)13(19-2)18-6-9/h3-4,6-7H,5H2,1-2H3,(H,16,17). The van der Waals surface area contributed by atoms with Crippen LogP contribution >= 0.6 is 15.9 Å². The third-order valence-electron chi connectivity index (χ3n) is 2.56. The maximum Gasteiger partial charge on any atom is 0.250 e. The van der Waals surface area contributed by atoms with Gasteiger partial charge in [-0.15, -0.1) is 0 Å². The number of methoxy groups -OCH3 is 1. The van der Waals surface area contributed by atoms with Gasteiger partial charge in [0.1, 0.15) is 5.82 Å². The Bertz CT molecular complexity index is 592. The van der Waals surface area contributed by atoms with E-state index in [2.05, 4.69) is 31.2 Å². The van der Waals surface area contributed by atoms with Gasteiger partial charge >= 0.3 is 0 Å². The average molecular weight is 326 g/mol. The summed E-state index contributed by atoms with van der Waals surface area (Å²) in [6.07, 6.45) is 3.28. The Labute approximate surface area is 119 Å². The molecule has 0 atom stereocenters. The van der Waals surface area contributed by atoms with Crippen molar-refractivity contribution in [1.82, 2.24) is 9.97 Å². The van der Waals surface area contributed by atoms with Gasteiger partial charge in [-0.25, -0.2) is 14.4 Å². The molecule has 1 N–H and O–H groups in total. The van der Waals surface area contributed by atoms with Crippen LogP contribution in [-0.2, 0) is 6.54 Å². The molecule has 0 aliphatic carbocycles. The number of nitrogens with zero attached hydrogens (tertiary/aromatic N) is 2. The van der Waals surface area contributed by atoms with Crippen LogP contribution in [0.2, 0.25) is 0 Å². The molecular formula is C13H13BrFN3O. The van der Waals surface area contributed by atoms with Crippen LogP contribution in [0.1, 0.15) is 11.1 Å². The Morgan fingerprint density at radius 3 is 2.74 bits per heavy atom. The number of nitrogens with one attached hydrogen (secondary N) is 1. The molecule has 2 rings (SSSR count). The lowest BCUT2D eigenvalue weighted by Crippen LogP contribution is -2.04. The molecule has 0 spiro atoms. The van der Waals surface area contributed by atoms with E-state index in [1.54, 1.807) is 12.4 Å². The van der Waals surface area contributed by atoms with Crippen molar-refractivity contribution in [3.8, 4) is 5.88 Å². The van der Waals surface area contributed by atoms with E-state index in [-0.39, 0.29) is 5.88 Å². The van der Waals surface area contributed by atoms with Crippen LogP contribution in [0.4, 0.5) is 10.2 Å². The number of rotatable bonds is 4. The van der Waals surface area contributed by atoms with Gasteiger partial charge in [0, 0.05) is 23.4 Å². The van der Waals surface area contributed by atoms with E-state index in [0.717, 1.165) is 21.4 Å². The van der Waals surface area contributed by atoms with Gasteiger partial charge in [0.15, 0.2) is 5.82 Å². The fraction of sp³-hybridized carbons (Fsp3) is 0.231. The largest absolute Gasteiger partial charge is 0.479 e. The van der Waals surface area contributed by atoms with E-state index in [1.165, 1.54) is 13.2 Å². The van der Waals surface area contributed by atoms with Crippen molar-refractivity contribution in [1.29, 1.82) is 0 Å². The summed E-state index contributed by atoms with van der Waals surface area (Å²) in [7, 11) is 1.39. The second-order valence-electron chi connectivity index (χ2n) is 4.01. The summed E-state index contributed by atoms with van der Waals surface area (Å²) in [4.78, 5) is 8.13. The maximum absolute atomic E-state index is 13.5. The molecule has 0 amide bonds. The lowest BCUT2D eigenvalue weighted by atomic mass is 10.2. The Hall–Kier alpha value is -1.69. The van der Waals surface area contributed by atoms with Gasteiger partial charge in [-0.3, -0.25) is 0 Å². The smallest absolute Gasteiger partial charge is 0.250 e. The summed E-state index contributed by atoms with van der Waals surface area (Å²) in [5.74, 6) is 0.295. The Balaban J connectivity index is 2.08. The van der Waals surface area contributed by atoms with Crippen LogP contribution < -0.4 is 10.1 Å². The first kappa shape index (κ1) is 13.7. The number of anilines is 1. The number of aryl methyl sites for hydroxylation is 1. The van der Waals surface area contributed by atoms with Crippen molar-refractivity contribution in [3.05, 3.63) is 45.9 Å². The third-order valence-corrected chi connectivity index (χ3v) is 3.00. The quantitative estimate of drug-likeness (QED) is 0.936. The van der Waals surface area contributed by atoms with Crippen LogP contribution in [0.3, 0.4) is 0 Å². The maximum atomic E-state index is 13.5. The van der Waals surface area contributed by atoms with E-state index >= 15 is 0 Å². The average Bonchev–Trinajstić information content (AvgIpc) is 2.38. The van der Waals surface area contributed by atoms with Gasteiger partial charge in [0.05, 0.1) is 7.11 Å². The molecule has 0 radical (unpaired) electrons. The highest BCUT2D eigenvalue weighted by Gasteiger charge is 2.06. The van der Waals surface area contributed by atoms with Crippen LogP contribution in [0.25, 0.3) is 0 Å².